The first kappa shape index (κ1) is 16.9. The molecule has 4 heteroatoms. The minimum atomic E-state index is 0.196. The summed E-state index contributed by atoms with van der Waals surface area (Å²) in [4.78, 5) is 14.8. The molecule has 3 aliphatic rings. The third kappa shape index (κ3) is 3.17. The molecule has 2 heterocycles. The molecular formula is C21H30N2O2. The number of carbonyl (C=O) groups is 1. The number of rotatable bonds is 4. The van der Waals surface area contributed by atoms with Crippen LogP contribution in [0.25, 0.3) is 0 Å². The smallest absolute Gasteiger partial charge is 0.223 e. The molecule has 2 saturated heterocycles. The van der Waals surface area contributed by atoms with Crippen molar-refractivity contribution in [2.75, 3.05) is 13.7 Å². The first-order valence-electron chi connectivity index (χ1n) is 9.88. The number of nitrogens with zero attached hydrogens (tertiary/aromatic N) is 1. The van der Waals surface area contributed by atoms with Gasteiger partial charge < -0.3 is 15.0 Å². The lowest BCUT2D eigenvalue weighted by Gasteiger charge is -2.48. The number of nitrogens with one attached hydrogen (secondary N) is 1. The molecule has 136 valence electrons. The Labute approximate surface area is 150 Å². The van der Waals surface area contributed by atoms with Crippen molar-refractivity contribution in [2.45, 2.75) is 69.5 Å². The average Bonchev–Trinajstić information content (AvgIpc) is 3.01. The Morgan fingerprint density at radius 2 is 2.20 bits per heavy atom. The summed E-state index contributed by atoms with van der Waals surface area (Å²) in [6, 6.07) is 8.88. The molecule has 1 aromatic carbocycles. The maximum Gasteiger partial charge on any atom is 0.223 e. The number of benzene rings is 1. The highest BCUT2D eigenvalue weighted by Gasteiger charge is 2.52. The Kier molecular flexibility index (Phi) is 4.72. The summed E-state index contributed by atoms with van der Waals surface area (Å²) in [6.07, 6.45) is 9.07. The third-order valence-corrected chi connectivity index (χ3v) is 6.76. The fourth-order valence-electron chi connectivity index (χ4n) is 5.52. The van der Waals surface area contributed by atoms with Crippen LogP contribution in [0.3, 0.4) is 0 Å². The van der Waals surface area contributed by atoms with E-state index in [2.05, 4.69) is 28.4 Å². The summed E-state index contributed by atoms with van der Waals surface area (Å²) >= 11 is 0. The molecule has 0 aromatic heterocycles. The Bertz CT molecular complexity index is 632. The Balaban J connectivity index is 1.41. The van der Waals surface area contributed by atoms with Gasteiger partial charge in [-0.3, -0.25) is 4.79 Å². The van der Waals surface area contributed by atoms with E-state index in [9.17, 15) is 4.79 Å². The monoisotopic (exact) mass is 342 g/mol. The summed E-state index contributed by atoms with van der Waals surface area (Å²) in [5.74, 6) is 2.02. The van der Waals surface area contributed by atoms with E-state index < -0.39 is 0 Å². The summed E-state index contributed by atoms with van der Waals surface area (Å²) in [5, 5.41) is 3.77. The van der Waals surface area contributed by atoms with Crippen LogP contribution in [-0.4, -0.2) is 36.0 Å². The highest BCUT2D eigenvalue weighted by atomic mass is 16.5. The highest BCUT2D eigenvalue weighted by molar-refractivity contribution is 5.78. The summed E-state index contributed by atoms with van der Waals surface area (Å²) in [5.41, 5.74) is 1.47. The van der Waals surface area contributed by atoms with Gasteiger partial charge in [0, 0.05) is 31.1 Å². The molecule has 2 aliphatic heterocycles. The van der Waals surface area contributed by atoms with E-state index in [1.54, 1.807) is 7.11 Å². The van der Waals surface area contributed by atoms with E-state index in [1.165, 1.54) is 44.1 Å². The van der Waals surface area contributed by atoms with Crippen molar-refractivity contribution in [1.82, 2.24) is 10.2 Å². The third-order valence-electron chi connectivity index (χ3n) is 6.76. The van der Waals surface area contributed by atoms with E-state index in [1.807, 2.05) is 6.07 Å². The molecule has 0 unspecified atom stereocenters. The molecule has 3 fully saturated rings. The van der Waals surface area contributed by atoms with E-state index in [0.717, 1.165) is 31.7 Å². The van der Waals surface area contributed by atoms with Crippen molar-refractivity contribution in [1.29, 1.82) is 0 Å². The van der Waals surface area contributed by atoms with Gasteiger partial charge in [-0.2, -0.15) is 0 Å². The maximum absolute atomic E-state index is 12.5. The largest absolute Gasteiger partial charge is 0.497 e. The van der Waals surface area contributed by atoms with Gasteiger partial charge in [-0.05, 0) is 68.6 Å². The second kappa shape index (κ2) is 6.99. The van der Waals surface area contributed by atoms with Gasteiger partial charge in [0.15, 0.2) is 0 Å². The number of hydrogen-bond acceptors (Lipinski definition) is 3. The predicted molar refractivity (Wildman–Crippen MR) is 98.5 cm³/mol. The van der Waals surface area contributed by atoms with Crippen LogP contribution in [0.5, 0.6) is 5.75 Å². The molecule has 25 heavy (non-hydrogen) atoms. The minimum Gasteiger partial charge on any atom is -0.497 e. The molecule has 1 aromatic rings. The van der Waals surface area contributed by atoms with Gasteiger partial charge in [0.1, 0.15) is 5.75 Å². The van der Waals surface area contributed by atoms with E-state index in [0.29, 0.717) is 17.9 Å². The van der Waals surface area contributed by atoms with Gasteiger partial charge in [-0.15, -0.1) is 0 Å². The molecule has 4 rings (SSSR count). The number of hydrogen-bond donors (Lipinski definition) is 1. The Hall–Kier alpha value is -1.55. The Morgan fingerprint density at radius 3 is 3.08 bits per heavy atom. The second-order valence-electron chi connectivity index (χ2n) is 8.05. The molecular weight excluding hydrogens is 312 g/mol. The van der Waals surface area contributed by atoms with Crippen LogP contribution in [0.4, 0.5) is 0 Å². The number of methoxy groups -OCH3 is 1. The van der Waals surface area contributed by atoms with Crippen molar-refractivity contribution >= 4 is 5.91 Å². The van der Waals surface area contributed by atoms with Crippen LogP contribution in [0.15, 0.2) is 24.3 Å². The van der Waals surface area contributed by atoms with Crippen LogP contribution < -0.4 is 10.1 Å². The van der Waals surface area contributed by atoms with Gasteiger partial charge in [0.2, 0.25) is 5.91 Å². The lowest BCUT2D eigenvalue weighted by atomic mass is 9.68. The van der Waals surface area contributed by atoms with Gasteiger partial charge in [0.05, 0.1) is 7.11 Å². The summed E-state index contributed by atoms with van der Waals surface area (Å²) in [7, 11) is 1.72. The second-order valence-corrected chi connectivity index (χ2v) is 8.05. The summed E-state index contributed by atoms with van der Waals surface area (Å²) < 4.78 is 5.32. The van der Waals surface area contributed by atoms with Crippen LogP contribution >= 0.6 is 0 Å². The minimum absolute atomic E-state index is 0.196. The standard InChI is InChI=1S/C21H30N2O2/c1-25-19-7-2-5-16(13-19)15-22-18-9-11-21-10-4-12-23(21)20(24)8-3-6-17(21)14-18/h2,5,7,13,17-18,22H,3-4,6,8-12,14-15H2,1H3/t17-,18+,21+/m0/s1. The van der Waals surface area contributed by atoms with Crippen molar-refractivity contribution < 1.29 is 9.53 Å². The predicted octanol–water partition coefficient (Wildman–Crippen LogP) is 3.50. The van der Waals surface area contributed by atoms with Crippen molar-refractivity contribution in [3.05, 3.63) is 29.8 Å². The van der Waals surface area contributed by atoms with Gasteiger partial charge >= 0.3 is 0 Å². The molecule has 1 amide bonds. The van der Waals surface area contributed by atoms with Crippen molar-refractivity contribution in [3.63, 3.8) is 0 Å². The lowest BCUT2D eigenvalue weighted by Crippen LogP contribution is -2.55. The van der Waals surface area contributed by atoms with E-state index in [4.69, 9.17) is 4.74 Å². The average molecular weight is 342 g/mol. The van der Waals surface area contributed by atoms with Crippen LogP contribution in [0.2, 0.25) is 0 Å². The van der Waals surface area contributed by atoms with Crippen molar-refractivity contribution in [2.24, 2.45) is 5.92 Å². The topological polar surface area (TPSA) is 41.6 Å². The van der Waals surface area contributed by atoms with Gasteiger partial charge in [-0.25, -0.2) is 0 Å². The molecule has 0 radical (unpaired) electrons. The molecule has 3 atom stereocenters. The van der Waals surface area contributed by atoms with Crippen molar-refractivity contribution in [3.8, 4) is 5.75 Å². The maximum atomic E-state index is 12.5. The molecule has 1 spiro atoms. The molecule has 0 bridgehead atoms. The normalized spacial score (nSPS) is 32.0. The van der Waals surface area contributed by atoms with Crippen LogP contribution in [0.1, 0.15) is 56.9 Å². The number of ether oxygens (including phenoxy) is 1. The summed E-state index contributed by atoms with van der Waals surface area (Å²) in [6.45, 7) is 1.89. The number of amides is 1. The number of carbonyl (C=O) groups excluding carboxylic acids is 1. The first-order valence-corrected chi connectivity index (χ1v) is 9.88. The zero-order valence-electron chi connectivity index (χ0n) is 15.3. The van der Waals surface area contributed by atoms with Crippen LogP contribution in [-0.2, 0) is 11.3 Å². The van der Waals surface area contributed by atoms with Gasteiger partial charge in [0.25, 0.3) is 0 Å². The highest BCUT2D eigenvalue weighted by Crippen LogP contribution is 2.49. The van der Waals surface area contributed by atoms with E-state index in [-0.39, 0.29) is 5.54 Å². The first-order chi connectivity index (χ1) is 12.2. The molecule has 4 nitrogen and oxygen atoms in total. The van der Waals surface area contributed by atoms with Gasteiger partial charge in [-0.1, -0.05) is 12.1 Å². The Morgan fingerprint density at radius 1 is 1.28 bits per heavy atom. The van der Waals surface area contributed by atoms with Crippen LogP contribution in [0, 0.1) is 5.92 Å². The lowest BCUT2D eigenvalue weighted by molar-refractivity contribution is -0.137. The fraction of sp³-hybridized carbons (Fsp3) is 0.667. The molecule has 1 aliphatic carbocycles. The zero-order valence-corrected chi connectivity index (χ0v) is 15.3. The quantitative estimate of drug-likeness (QED) is 0.910. The fourth-order valence-corrected chi connectivity index (χ4v) is 5.52. The van der Waals surface area contributed by atoms with E-state index >= 15 is 0 Å². The molecule has 1 saturated carbocycles. The zero-order chi connectivity index (χ0) is 17.3. The molecule has 1 N–H and O–H groups in total. The SMILES string of the molecule is COc1cccc(CN[C@@H]2CC[C@@]34CCCN3C(=O)CCC[C@H]4C2)c1.